The smallest absolute Gasteiger partial charge is 0.335 e. The van der Waals surface area contributed by atoms with E-state index in [9.17, 15) is 9.90 Å². The standard InChI is InChI=1S/C24H25N3O4/c1-3-16-12-18(4-6-19(16)24(28)29)20-13-22(27-14-26-20)25-9-8-17-5-7-21-23(15(17)2)31-11-10-30-21/h4-7,12-14H,3,8-11H2,1-2H3,(H,28,29)(H,25,26,27). The molecule has 0 aliphatic carbocycles. The molecule has 0 atom stereocenters. The van der Waals surface area contributed by atoms with Gasteiger partial charge in [0.05, 0.1) is 11.3 Å². The van der Waals surface area contributed by atoms with Crippen LogP contribution in [0.5, 0.6) is 11.5 Å². The number of anilines is 1. The number of aryl methyl sites for hydroxylation is 1. The van der Waals surface area contributed by atoms with Crippen molar-refractivity contribution in [2.45, 2.75) is 26.7 Å². The lowest BCUT2D eigenvalue weighted by atomic mass is 10.00. The maximum absolute atomic E-state index is 11.4. The first kappa shape index (κ1) is 20.7. The van der Waals surface area contributed by atoms with Crippen LogP contribution in [0.1, 0.15) is 34.0 Å². The number of carbonyl (C=O) groups is 1. The van der Waals surface area contributed by atoms with Gasteiger partial charge in [-0.3, -0.25) is 0 Å². The van der Waals surface area contributed by atoms with Gasteiger partial charge in [0.15, 0.2) is 11.5 Å². The molecule has 0 radical (unpaired) electrons. The Balaban J connectivity index is 1.46. The largest absolute Gasteiger partial charge is 0.486 e. The van der Waals surface area contributed by atoms with Crippen LogP contribution in [0.2, 0.25) is 0 Å². The average molecular weight is 419 g/mol. The van der Waals surface area contributed by atoms with Gasteiger partial charge in [0.25, 0.3) is 0 Å². The van der Waals surface area contributed by atoms with Crippen LogP contribution in [-0.2, 0) is 12.8 Å². The van der Waals surface area contributed by atoms with E-state index in [0.717, 1.165) is 46.1 Å². The van der Waals surface area contributed by atoms with Crippen LogP contribution < -0.4 is 14.8 Å². The SMILES string of the molecule is CCc1cc(-c2cc(NCCc3ccc4c(c3C)OCCO4)ncn2)ccc1C(=O)O. The van der Waals surface area contributed by atoms with Crippen LogP contribution in [0.25, 0.3) is 11.3 Å². The number of ether oxygens (including phenoxy) is 2. The average Bonchev–Trinajstić information content (AvgIpc) is 2.80. The summed E-state index contributed by atoms with van der Waals surface area (Å²) >= 11 is 0. The number of fused-ring (bicyclic) bond motifs is 1. The van der Waals surface area contributed by atoms with E-state index in [0.29, 0.717) is 31.7 Å². The van der Waals surface area contributed by atoms with Crippen LogP contribution in [0.3, 0.4) is 0 Å². The second-order valence-electron chi connectivity index (χ2n) is 7.37. The van der Waals surface area contributed by atoms with Crippen LogP contribution in [-0.4, -0.2) is 40.8 Å². The van der Waals surface area contributed by atoms with Gasteiger partial charge in [0.2, 0.25) is 0 Å². The molecule has 1 aliphatic rings. The van der Waals surface area contributed by atoms with E-state index in [4.69, 9.17) is 9.47 Å². The highest BCUT2D eigenvalue weighted by Crippen LogP contribution is 2.35. The van der Waals surface area contributed by atoms with Crippen molar-refractivity contribution in [1.29, 1.82) is 0 Å². The van der Waals surface area contributed by atoms with Gasteiger partial charge in [-0.2, -0.15) is 0 Å². The second kappa shape index (κ2) is 9.04. The molecule has 0 spiro atoms. The highest BCUT2D eigenvalue weighted by atomic mass is 16.6. The summed E-state index contributed by atoms with van der Waals surface area (Å²) in [6.45, 7) is 5.86. The molecular formula is C24H25N3O4. The molecule has 0 bridgehead atoms. The predicted molar refractivity (Wildman–Crippen MR) is 118 cm³/mol. The molecule has 7 nitrogen and oxygen atoms in total. The fourth-order valence-electron chi connectivity index (χ4n) is 3.76. The number of nitrogens with one attached hydrogen (secondary N) is 1. The van der Waals surface area contributed by atoms with Crippen molar-refractivity contribution in [1.82, 2.24) is 9.97 Å². The monoisotopic (exact) mass is 419 g/mol. The van der Waals surface area contributed by atoms with Crippen molar-refractivity contribution in [3.05, 3.63) is 65.0 Å². The van der Waals surface area contributed by atoms with E-state index in [1.165, 1.54) is 11.9 Å². The minimum Gasteiger partial charge on any atom is -0.486 e. The molecule has 31 heavy (non-hydrogen) atoms. The van der Waals surface area contributed by atoms with Gasteiger partial charge in [-0.05, 0) is 54.7 Å². The van der Waals surface area contributed by atoms with Gasteiger partial charge in [-0.25, -0.2) is 14.8 Å². The van der Waals surface area contributed by atoms with E-state index in [-0.39, 0.29) is 0 Å². The highest BCUT2D eigenvalue weighted by molar-refractivity contribution is 5.90. The Morgan fingerprint density at radius 1 is 1.10 bits per heavy atom. The molecule has 4 rings (SSSR count). The first-order valence-corrected chi connectivity index (χ1v) is 10.4. The summed E-state index contributed by atoms with van der Waals surface area (Å²) in [6.07, 6.45) is 2.97. The number of benzene rings is 2. The maximum atomic E-state index is 11.4. The quantitative estimate of drug-likeness (QED) is 0.594. The van der Waals surface area contributed by atoms with Crippen LogP contribution in [0.15, 0.2) is 42.7 Å². The zero-order chi connectivity index (χ0) is 21.8. The Labute approximate surface area is 181 Å². The normalized spacial score (nSPS) is 12.5. The third-order valence-corrected chi connectivity index (χ3v) is 5.45. The number of hydrogen-bond donors (Lipinski definition) is 2. The van der Waals surface area contributed by atoms with Crippen LogP contribution >= 0.6 is 0 Å². The lowest BCUT2D eigenvalue weighted by Crippen LogP contribution is -2.17. The van der Waals surface area contributed by atoms with Crippen LogP contribution in [0.4, 0.5) is 5.82 Å². The van der Waals surface area contributed by atoms with Crippen molar-refractivity contribution in [3.63, 3.8) is 0 Å². The summed E-state index contributed by atoms with van der Waals surface area (Å²) in [5.41, 5.74) is 5.03. The summed E-state index contributed by atoms with van der Waals surface area (Å²) < 4.78 is 11.4. The lowest BCUT2D eigenvalue weighted by molar-refractivity contribution is 0.0695. The van der Waals surface area contributed by atoms with Gasteiger partial charge in [0, 0.05) is 18.2 Å². The Morgan fingerprint density at radius 2 is 1.94 bits per heavy atom. The third-order valence-electron chi connectivity index (χ3n) is 5.45. The second-order valence-corrected chi connectivity index (χ2v) is 7.37. The minimum atomic E-state index is -0.914. The topological polar surface area (TPSA) is 93.6 Å². The molecule has 3 aromatic rings. The highest BCUT2D eigenvalue weighted by Gasteiger charge is 2.16. The number of carboxylic acid groups (broad SMARTS) is 1. The number of aromatic carboxylic acids is 1. The van der Waals surface area contributed by atoms with Gasteiger partial charge < -0.3 is 19.9 Å². The molecule has 2 N–H and O–H groups in total. The van der Waals surface area contributed by atoms with E-state index in [2.05, 4.69) is 28.3 Å². The Bertz CT molecular complexity index is 1110. The number of rotatable bonds is 7. The summed E-state index contributed by atoms with van der Waals surface area (Å²) in [4.78, 5) is 20.0. The van der Waals surface area contributed by atoms with Gasteiger partial charge >= 0.3 is 5.97 Å². The molecule has 0 fully saturated rings. The number of aromatic nitrogens is 2. The van der Waals surface area contributed by atoms with Crippen molar-refractivity contribution in [3.8, 4) is 22.8 Å². The fourth-order valence-corrected chi connectivity index (χ4v) is 3.76. The van der Waals surface area contributed by atoms with E-state index in [1.807, 2.05) is 25.1 Å². The zero-order valence-electron chi connectivity index (χ0n) is 17.6. The van der Waals surface area contributed by atoms with Gasteiger partial charge in [-0.15, -0.1) is 0 Å². The molecule has 0 saturated heterocycles. The first-order chi connectivity index (χ1) is 15.1. The van der Waals surface area contributed by atoms with Gasteiger partial charge in [0.1, 0.15) is 25.4 Å². The first-order valence-electron chi connectivity index (χ1n) is 10.4. The Kier molecular flexibility index (Phi) is 6.02. The molecule has 2 aromatic carbocycles. The van der Waals surface area contributed by atoms with Crippen molar-refractivity contribution in [2.75, 3.05) is 25.1 Å². The minimum absolute atomic E-state index is 0.327. The number of nitrogens with zero attached hydrogens (tertiary/aromatic N) is 2. The summed E-state index contributed by atoms with van der Waals surface area (Å²) in [6, 6.07) is 11.2. The predicted octanol–water partition coefficient (Wildman–Crippen LogP) is 4.14. The molecule has 0 amide bonds. The molecule has 160 valence electrons. The summed E-state index contributed by atoms with van der Waals surface area (Å²) in [5, 5.41) is 12.7. The van der Waals surface area contributed by atoms with Crippen molar-refractivity contribution < 1.29 is 19.4 Å². The van der Waals surface area contributed by atoms with Crippen molar-refractivity contribution >= 4 is 11.8 Å². The van der Waals surface area contributed by atoms with Crippen LogP contribution in [0, 0.1) is 6.92 Å². The molecular weight excluding hydrogens is 394 g/mol. The zero-order valence-corrected chi connectivity index (χ0v) is 17.6. The molecule has 7 heteroatoms. The Hall–Kier alpha value is -3.61. The van der Waals surface area contributed by atoms with E-state index < -0.39 is 5.97 Å². The fraction of sp³-hybridized carbons (Fsp3) is 0.292. The van der Waals surface area contributed by atoms with E-state index >= 15 is 0 Å². The third kappa shape index (κ3) is 4.45. The summed E-state index contributed by atoms with van der Waals surface area (Å²) in [7, 11) is 0. The van der Waals surface area contributed by atoms with E-state index in [1.54, 1.807) is 12.1 Å². The molecule has 1 aliphatic heterocycles. The number of carboxylic acids is 1. The molecule has 1 aromatic heterocycles. The summed E-state index contributed by atoms with van der Waals surface area (Å²) in [5.74, 6) is 1.45. The lowest BCUT2D eigenvalue weighted by Gasteiger charge is -2.21. The maximum Gasteiger partial charge on any atom is 0.335 e. The van der Waals surface area contributed by atoms with Gasteiger partial charge in [-0.1, -0.05) is 19.1 Å². The molecule has 0 unspecified atom stereocenters. The Morgan fingerprint density at radius 3 is 2.74 bits per heavy atom. The molecule has 2 heterocycles. The van der Waals surface area contributed by atoms with Crippen molar-refractivity contribution in [2.24, 2.45) is 0 Å². The molecule has 0 saturated carbocycles. The number of hydrogen-bond acceptors (Lipinski definition) is 6.